The van der Waals surface area contributed by atoms with Gasteiger partial charge in [0, 0.05) is 26.2 Å². The Balaban J connectivity index is 1.80. The maximum atomic E-state index is 11.2. The van der Waals surface area contributed by atoms with Crippen LogP contribution in [-0.2, 0) is 0 Å². The van der Waals surface area contributed by atoms with E-state index < -0.39 is 0 Å². The largest absolute Gasteiger partial charge is 0.351 e. The van der Waals surface area contributed by atoms with E-state index in [9.17, 15) is 4.79 Å². The number of hydrogen-bond acceptors (Lipinski definition) is 4. The number of aromatic nitrogens is 1. The summed E-state index contributed by atoms with van der Waals surface area (Å²) in [5.41, 5.74) is 6.38. The van der Waals surface area contributed by atoms with Gasteiger partial charge in [0.15, 0.2) is 5.13 Å². The van der Waals surface area contributed by atoms with Gasteiger partial charge in [-0.15, -0.1) is 0 Å². The van der Waals surface area contributed by atoms with Gasteiger partial charge in [-0.2, -0.15) is 0 Å². The van der Waals surface area contributed by atoms with Gasteiger partial charge in [0.1, 0.15) is 0 Å². The Bertz CT molecular complexity index is 564. The van der Waals surface area contributed by atoms with E-state index in [1.165, 1.54) is 4.70 Å². The second-order valence-electron chi connectivity index (χ2n) is 4.63. The molecule has 1 aliphatic heterocycles. The summed E-state index contributed by atoms with van der Waals surface area (Å²) in [5.74, 6) is 0. The number of rotatable bonds is 1. The highest BCUT2D eigenvalue weighted by molar-refractivity contribution is 7.22. The van der Waals surface area contributed by atoms with Crippen molar-refractivity contribution in [3.63, 3.8) is 0 Å². The Morgan fingerprint density at radius 1 is 1.21 bits per heavy atom. The van der Waals surface area contributed by atoms with Crippen molar-refractivity contribution < 1.29 is 4.79 Å². The molecule has 2 aromatic rings. The Morgan fingerprint density at radius 2 is 2.05 bits per heavy atom. The van der Waals surface area contributed by atoms with Crippen LogP contribution in [-0.4, -0.2) is 42.1 Å². The first-order chi connectivity index (χ1) is 9.24. The molecule has 1 saturated heterocycles. The molecule has 3 rings (SSSR count). The number of nitrogens with two attached hydrogens (primary N) is 1. The van der Waals surface area contributed by atoms with Crippen LogP contribution in [0.5, 0.6) is 0 Å². The normalized spacial score (nSPS) is 16.6. The number of primary amides is 1. The van der Waals surface area contributed by atoms with Gasteiger partial charge in [-0.25, -0.2) is 9.78 Å². The maximum Gasteiger partial charge on any atom is 0.314 e. The van der Waals surface area contributed by atoms with E-state index in [-0.39, 0.29) is 6.03 Å². The van der Waals surface area contributed by atoms with Crippen molar-refractivity contribution in [2.75, 3.05) is 31.1 Å². The van der Waals surface area contributed by atoms with Crippen LogP contribution in [0.4, 0.5) is 9.93 Å². The van der Waals surface area contributed by atoms with Crippen LogP contribution in [0.25, 0.3) is 10.2 Å². The number of urea groups is 1. The highest BCUT2D eigenvalue weighted by Gasteiger charge is 2.19. The summed E-state index contributed by atoms with van der Waals surface area (Å²) in [5, 5.41) is 1.03. The predicted molar refractivity (Wildman–Crippen MR) is 77.6 cm³/mol. The summed E-state index contributed by atoms with van der Waals surface area (Å²) in [6.07, 6.45) is 0.929. The van der Waals surface area contributed by atoms with Crippen LogP contribution in [0.1, 0.15) is 6.42 Å². The van der Waals surface area contributed by atoms with Gasteiger partial charge in [-0.05, 0) is 18.6 Å². The van der Waals surface area contributed by atoms with Crippen molar-refractivity contribution in [1.29, 1.82) is 0 Å². The average Bonchev–Trinajstić information content (AvgIpc) is 2.67. The smallest absolute Gasteiger partial charge is 0.314 e. The topological polar surface area (TPSA) is 62.5 Å². The molecule has 0 radical (unpaired) electrons. The van der Waals surface area contributed by atoms with Crippen LogP contribution in [0, 0.1) is 0 Å². The van der Waals surface area contributed by atoms with Crippen LogP contribution in [0.3, 0.4) is 0 Å². The Morgan fingerprint density at radius 3 is 2.84 bits per heavy atom. The highest BCUT2D eigenvalue weighted by atomic mass is 32.1. The number of anilines is 1. The molecule has 0 bridgehead atoms. The molecule has 0 unspecified atom stereocenters. The quantitative estimate of drug-likeness (QED) is 0.865. The Labute approximate surface area is 115 Å². The monoisotopic (exact) mass is 276 g/mol. The minimum Gasteiger partial charge on any atom is -0.351 e. The SMILES string of the molecule is NC(=O)N1CCCN(c2nc3ccccc3s2)CC1. The van der Waals surface area contributed by atoms with Crippen LogP contribution >= 0.6 is 11.3 Å². The third-order valence-electron chi connectivity index (χ3n) is 3.36. The molecule has 2 amide bonds. The summed E-state index contributed by atoms with van der Waals surface area (Å²) < 4.78 is 1.20. The minimum absolute atomic E-state index is 0.328. The lowest BCUT2D eigenvalue weighted by Crippen LogP contribution is -2.38. The fourth-order valence-electron chi connectivity index (χ4n) is 2.32. The number of carbonyl (C=O) groups excluding carboxylic acids is 1. The fourth-order valence-corrected chi connectivity index (χ4v) is 3.34. The second-order valence-corrected chi connectivity index (χ2v) is 5.64. The molecular formula is C13H16N4OS. The number of fused-ring (bicyclic) bond motifs is 1. The first-order valence-corrected chi connectivity index (χ1v) is 7.20. The number of amides is 2. The number of hydrogen-bond donors (Lipinski definition) is 1. The van der Waals surface area contributed by atoms with E-state index in [1.54, 1.807) is 16.2 Å². The summed E-state index contributed by atoms with van der Waals surface area (Å²) >= 11 is 1.70. The van der Waals surface area contributed by atoms with E-state index in [0.717, 1.165) is 36.7 Å². The van der Waals surface area contributed by atoms with Gasteiger partial charge < -0.3 is 15.5 Å². The van der Waals surface area contributed by atoms with Gasteiger partial charge in [0.25, 0.3) is 0 Å². The molecule has 2 N–H and O–H groups in total. The van der Waals surface area contributed by atoms with Crippen LogP contribution in [0.2, 0.25) is 0 Å². The fraction of sp³-hybridized carbons (Fsp3) is 0.385. The highest BCUT2D eigenvalue weighted by Crippen LogP contribution is 2.29. The van der Waals surface area contributed by atoms with Crippen molar-refractivity contribution >= 4 is 32.7 Å². The number of carbonyl (C=O) groups is 1. The van der Waals surface area contributed by atoms with E-state index in [1.807, 2.05) is 18.2 Å². The predicted octanol–water partition coefficient (Wildman–Crippen LogP) is 1.89. The van der Waals surface area contributed by atoms with Gasteiger partial charge >= 0.3 is 6.03 Å². The molecule has 1 aliphatic rings. The van der Waals surface area contributed by atoms with E-state index in [2.05, 4.69) is 16.0 Å². The van der Waals surface area contributed by atoms with Crippen LogP contribution in [0.15, 0.2) is 24.3 Å². The first-order valence-electron chi connectivity index (χ1n) is 6.39. The molecule has 1 fully saturated rings. The molecular weight excluding hydrogens is 260 g/mol. The number of para-hydroxylation sites is 1. The second kappa shape index (κ2) is 5.05. The van der Waals surface area contributed by atoms with E-state index in [0.29, 0.717) is 6.54 Å². The Kier molecular flexibility index (Phi) is 3.25. The van der Waals surface area contributed by atoms with Crippen molar-refractivity contribution in [2.24, 2.45) is 5.73 Å². The molecule has 5 nitrogen and oxygen atoms in total. The standard InChI is InChI=1S/C13H16N4OS/c14-12(18)16-6-3-7-17(9-8-16)13-15-10-4-1-2-5-11(10)19-13/h1-2,4-5H,3,6-9H2,(H2,14,18). The lowest BCUT2D eigenvalue weighted by molar-refractivity contribution is 0.211. The zero-order valence-electron chi connectivity index (χ0n) is 10.6. The molecule has 1 aromatic heterocycles. The van der Waals surface area contributed by atoms with Crippen LogP contribution < -0.4 is 10.6 Å². The number of nitrogens with zero attached hydrogens (tertiary/aromatic N) is 3. The molecule has 100 valence electrons. The van der Waals surface area contributed by atoms with Crippen molar-refractivity contribution in [3.8, 4) is 0 Å². The van der Waals surface area contributed by atoms with E-state index >= 15 is 0 Å². The Hall–Kier alpha value is -1.82. The van der Waals surface area contributed by atoms with Crippen molar-refractivity contribution in [2.45, 2.75) is 6.42 Å². The molecule has 0 spiro atoms. The molecule has 2 heterocycles. The summed E-state index contributed by atoms with van der Waals surface area (Å²) in [6.45, 7) is 3.12. The number of thiazole rings is 1. The summed E-state index contributed by atoms with van der Waals surface area (Å²) in [6, 6.07) is 7.82. The van der Waals surface area contributed by atoms with Crippen molar-refractivity contribution in [1.82, 2.24) is 9.88 Å². The van der Waals surface area contributed by atoms with Gasteiger partial charge in [0.2, 0.25) is 0 Å². The van der Waals surface area contributed by atoms with Crippen molar-refractivity contribution in [3.05, 3.63) is 24.3 Å². The average molecular weight is 276 g/mol. The number of benzene rings is 1. The lowest BCUT2D eigenvalue weighted by atomic mass is 10.3. The zero-order chi connectivity index (χ0) is 13.2. The molecule has 6 heteroatoms. The molecule has 0 aliphatic carbocycles. The minimum atomic E-state index is -0.328. The third-order valence-corrected chi connectivity index (χ3v) is 4.46. The molecule has 0 atom stereocenters. The maximum absolute atomic E-state index is 11.2. The van der Waals surface area contributed by atoms with Gasteiger partial charge in [-0.1, -0.05) is 23.5 Å². The molecule has 19 heavy (non-hydrogen) atoms. The molecule has 0 saturated carbocycles. The van der Waals surface area contributed by atoms with Gasteiger partial charge in [-0.3, -0.25) is 0 Å². The third kappa shape index (κ3) is 2.49. The first kappa shape index (κ1) is 12.2. The lowest BCUT2D eigenvalue weighted by Gasteiger charge is -2.19. The summed E-state index contributed by atoms with van der Waals surface area (Å²) in [4.78, 5) is 19.8. The zero-order valence-corrected chi connectivity index (χ0v) is 11.4. The summed E-state index contributed by atoms with van der Waals surface area (Å²) in [7, 11) is 0. The van der Waals surface area contributed by atoms with Gasteiger partial charge in [0.05, 0.1) is 10.2 Å². The van der Waals surface area contributed by atoms with E-state index in [4.69, 9.17) is 5.73 Å². The molecule has 1 aromatic carbocycles.